The van der Waals surface area contributed by atoms with Gasteiger partial charge in [0.25, 0.3) is 0 Å². The Morgan fingerprint density at radius 3 is 1.40 bits per heavy atom. The van der Waals surface area contributed by atoms with E-state index in [1.807, 2.05) is 13.8 Å². The summed E-state index contributed by atoms with van der Waals surface area (Å²) in [6.07, 6.45) is 5.95. The van der Waals surface area contributed by atoms with Crippen LogP contribution in [0.15, 0.2) is 0 Å². The van der Waals surface area contributed by atoms with Crippen molar-refractivity contribution in [1.82, 2.24) is 0 Å². The summed E-state index contributed by atoms with van der Waals surface area (Å²) in [6, 6.07) is 0. The zero-order chi connectivity index (χ0) is 8.41. The second-order valence-electron chi connectivity index (χ2n) is 2.39. The standard InChI is InChI=1S/C6H12.C2H6.CH5N/c1-6-4-2-3-5-6;2*1-2/h6H,2-5H2,1H3;1-2H3;2H2,1H3. The van der Waals surface area contributed by atoms with E-state index in [0.29, 0.717) is 0 Å². The molecule has 0 aliphatic heterocycles. The molecule has 1 nitrogen and oxygen atoms in total. The van der Waals surface area contributed by atoms with Crippen LogP contribution in [0, 0.1) is 5.92 Å². The minimum Gasteiger partial charge on any atom is -0.333 e. The molecule has 1 fully saturated rings. The number of nitrogens with two attached hydrogens (primary N) is 1. The maximum absolute atomic E-state index is 4.50. The van der Waals surface area contributed by atoms with E-state index in [1.54, 1.807) is 0 Å². The van der Waals surface area contributed by atoms with Crippen molar-refractivity contribution in [3.05, 3.63) is 0 Å². The van der Waals surface area contributed by atoms with Crippen molar-refractivity contribution in [2.45, 2.75) is 46.5 Å². The van der Waals surface area contributed by atoms with Crippen molar-refractivity contribution in [1.29, 1.82) is 0 Å². The van der Waals surface area contributed by atoms with Crippen molar-refractivity contribution in [2.75, 3.05) is 7.05 Å². The van der Waals surface area contributed by atoms with Crippen molar-refractivity contribution < 1.29 is 0 Å². The van der Waals surface area contributed by atoms with E-state index in [4.69, 9.17) is 0 Å². The molecule has 1 rings (SSSR count). The van der Waals surface area contributed by atoms with Crippen molar-refractivity contribution >= 4 is 0 Å². The summed E-state index contributed by atoms with van der Waals surface area (Å²) >= 11 is 0. The van der Waals surface area contributed by atoms with Gasteiger partial charge in [-0.25, -0.2) is 0 Å². The molecule has 0 unspecified atom stereocenters. The van der Waals surface area contributed by atoms with Gasteiger partial charge in [-0.05, 0) is 13.0 Å². The predicted molar refractivity (Wildman–Crippen MR) is 49.1 cm³/mol. The van der Waals surface area contributed by atoms with Crippen molar-refractivity contribution in [3.63, 3.8) is 0 Å². The normalized spacial score (nSPS) is 16.5. The zero-order valence-corrected chi connectivity index (χ0v) is 7.98. The molecule has 64 valence electrons. The molecule has 1 aliphatic rings. The van der Waals surface area contributed by atoms with Gasteiger partial charge in [-0.1, -0.05) is 46.5 Å². The molecule has 1 saturated carbocycles. The monoisotopic (exact) mass is 145 g/mol. The molecule has 0 aromatic rings. The fourth-order valence-corrected chi connectivity index (χ4v) is 1.13. The molecule has 0 spiro atoms. The Balaban J connectivity index is 0. The molecule has 0 atom stereocenters. The lowest BCUT2D eigenvalue weighted by Crippen LogP contribution is -1.78. The molecular weight excluding hydrogens is 122 g/mol. The second-order valence-corrected chi connectivity index (χ2v) is 2.39. The molecule has 0 saturated heterocycles. The highest BCUT2D eigenvalue weighted by Crippen LogP contribution is 2.22. The molecule has 0 radical (unpaired) electrons. The highest BCUT2D eigenvalue weighted by molar-refractivity contribution is 4.60. The van der Waals surface area contributed by atoms with Gasteiger partial charge >= 0.3 is 0 Å². The van der Waals surface area contributed by atoms with Crippen molar-refractivity contribution in [2.24, 2.45) is 11.7 Å². The van der Waals surface area contributed by atoms with Crippen LogP contribution >= 0.6 is 0 Å². The summed E-state index contributed by atoms with van der Waals surface area (Å²) in [5.74, 6) is 1.05. The van der Waals surface area contributed by atoms with Gasteiger partial charge in [0.2, 0.25) is 0 Å². The quantitative estimate of drug-likeness (QED) is 0.557. The largest absolute Gasteiger partial charge is 0.333 e. The lowest BCUT2D eigenvalue weighted by molar-refractivity contribution is 0.612. The molecule has 10 heavy (non-hydrogen) atoms. The van der Waals surface area contributed by atoms with Crippen LogP contribution in [-0.4, -0.2) is 7.05 Å². The van der Waals surface area contributed by atoms with Gasteiger partial charge in [-0.3, -0.25) is 0 Å². The van der Waals surface area contributed by atoms with E-state index in [1.165, 1.54) is 32.7 Å². The SMILES string of the molecule is CC.CC1CCCC1.CN. The molecule has 1 aliphatic carbocycles. The third-order valence-electron chi connectivity index (χ3n) is 1.64. The third kappa shape index (κ3) is 7.96. The van der Waals surface area contributed by atoms with Crippen molar-refractivity contribution in [3.8, 4) is 0 Å². The van der Waals surface area contributed by atoms with Crippen LogP contribution in [0.5, 0.6) is 0 Å². The molecule has 0 amide bonds. The minimum absolute atomic E-state index is 1.05. The first-order valence-electron chi connectivity index (χ1n) is 4.47. The summed E-state index contributed by atoms with van der Waals surface area (Å²) in [6.45, 7) is 6.34. The first-order chi connectivity index (χ1) is 4.89. The zero-order valence-electron chi connectivity index (χ0n) is 7.98. The summed E-state index contributed by atoms with van der Waals surface area (Å²) in [4.78, 5) is 0. The van der Waals surface area contributed by atoms with Gasteiger partial charge in [0.1, 0.15) is 0 Å². The van der Waals surface area contributed by atoms with Crippen LogP contribution in [0.2, 0.25) is 0 Å². The lowest BCUT2D eigenvalue weighted by Gasteiger charge is -1.91. The third-order valence-corrected chi connectivity index (χ3v) is 1.64. The molecule has 0 aromatic heterocycles. The van der Waals surface area contributed by atoms with Crippen LogP contribution in [0.4, 0.5) is 0 Å². The molecule has 0 heterocycles. The number of hydrogen-bond acceptors (Lipinski definition) is 1. The van der Waals surface area contributed by atoms with Gasteiger partial charge < -0.3 is 5.73 Å². The van der Waals surface area contributed by atoms with E-state index >= 15 is 0 Å². The van der Waals surface area contributed by atoms with E-state index in [2.05, 4.69) is 12.7 Å². The summed E-state index contributed by atoms with van der Waals surface area (Å²) in [5, 5.41) is 0. The number of rotatable bonds is 0. The topological polar surface area (TPSA) is 26.0 Å². The predicted octanol–water partition coefficient (Wildman–Crippen LogP) is 2.80. The summed E-state index contributed by atoms with van der Waals surface area (Å²) in [7, 11) is 1.50. The first-order valence-corrected chi connectivity index (χ1v) is 4.47. The second kappa shape index (κ2) is 11.7. The Hall–Kier alpha value is -0.0400. The van der Waals surface area contributed by atoms with E-state index in [9.17, 15) is 0 Å². The smallest absolute Gasteiger partial charge is 0.0195 e. The van der Waals surface area contributed by atoms with Crippen LogP contribution in [0.25, 0.3) is 0 Å². The maximum atomic E-state index is 4.50. The maximum Gasteiger partial charge on any atom is -0.0195 e. The van der Waals surface area contributed by atoms with Gasteiger partial charge in [-0.15, -0.1) is 0 Å². The Labute approximate surface area is 66.0 Å². The Bertz CT molecular complexity index is 38.0. The Morgan fingerprint density at radius 1 is 1.00 bits per heavy atom. The molecule has 0 bridgehead atoms. The average molecular weight is 145 g/mol. The number of hydrogen-bond donors (Lipinski definition) is 1. The van der Waals surface area contributed by atoms with E-state index in [-0.39, 0.29) is 0 Å². The van der Waals surface area contributed by atoms with Crippen LogP contribution < -0.4 is 5.73 Å². The minimum atomic E-state index is 1.05. The van der Waals surface area contributed by atoms with Gasteiger partial charge in [0.15, 0.2) is 0 Å². The average Bonchev–Trinajstić information content (AvgIpc) is 2.48. The van der Waals surface area contributed by atoms with E-state index < -0.39 is 0 Å². The van der Waals surface area contributed by atoms with Crippen LogP contribution in [0.3, 0.4) is 0 Å². The molecule has 0 aromatic carbocycles. The lowest BCUT2D eigenvalue weighted by atomic mass is 10.2. The van der Waals surface area contributed by atoms with Crippen LogP contribution in [0.1, 0.15) is 46.5 Å². The van der Waals surface area contributed by atoms with Crippen LogP contribution in [-0.2, 0) is 0 Å². The molecule has 1 heteroatoms. The van der Waals surface area contributed by atoms with Gasteiger partial charge in [0, 0.05) is 0 Å². The fraction of sp³-hybridized carbons (Fsp3) is 1.00. The Kier molecular flexibility index (Phi) is 14.8. The van der Waals surface area contributed by atoms with E-state index in [0.717, 1.165) is 5.92 Å². The van der Waals surface area contributed by atoms with Gasteiger partial charge in [0.05, 0.1) is 0 Å². The van der Waals surface area contributed by atoms with Gasteiger partial charge in [-0.2, -0.15) is 0 Å². The summed E-state index contributed by atoms with van der Waals surface area (Å²) in [5.41, 5.74) is 4.50. The molecule has 2 N–H and O–H groups in total. The summed E-state index contributed by atoms with van der Waals surface area (Å²) < 4.78 is 0. The molecular formula is C9H23N. The Morgan fingerprint density at radius 2 is 1.30 bits per heavy atom. The first kappa shape index (κ1) is 12.6. The highest BCUT2D eigenvalue weighted by Gasteiger charge is 2.07. The fourth-order valence-electron chi connectivity index (χ4n) is 1.13. The highest BCUT2D eigenvalue weighted by atomic mass is 14.4.